The van der Waals surface area contributed by atoms with Crippen molar-refractivity contribution in [3.63, 3.8) is 0 Å². The van der Waals surface area contributed by atoms with Gasteiger partial charge in [0, 0.05) is 29.7 Å². The quantitative estimate of drug-likeness (QED) is 0.189. The van der Waals surface area contributed by atoms with Crippen LogP contribution in [0, 0.1) is 23.7 Å². The largest absolute Gasteiger partial charge is 0.494 e. The van der Waals surface area contributed by atoms with E-state index in [0.29, 0.717) is 30.9 Å². The van der Waals surface area contributed by atoms with Crippen LogP contribution in [0.2, 0.25) is 0 Å². The van der Waals surface area contributed by atoms with Gasteiger partial charge in [0.15, 0.2) is 0 Å². The van der Waals surface area contributed by atoms with Crippen LogP contribution in [0.5, 0.6) is 5.75 Å². The first-order chi connectivity index (χ1) is 24.2. The molecule has 3 aromatic carbocycles. The fourth-order valence-electron chi connectivity index (χ4n) is 8.66. The van der Waals surface area contributed by atoms with Crippen molar-refractivity contribution >= 4 is 51.6 Å². The third kappa shape index (κ3) is 5.82. The van der Waals surface area contributed by atoms with Crippen LogP contribution in [-0.2, 0) is 14.4 Å². The lowest BCUT2D eigenvalue weighted by Gasteiger charge is -2.43. The monoisotopic (exact) mass is 695 g/mol. The van der Waals surface area contributed by atoms with Crippen molar-refractivity contribution < 1.29 is 24.2 Å². The summed E-state index contributed by atoms with van der Waals surface area (Å²) in [5.41, 5.74) is 1.42. The molecule has 3 aromatic rings. The van der Waals surface area contributed by atoms with Crippen LogP contribution in [-0.4, -0.2) is 76.1 Å². The summed E-state index contributed by atoms with van der Waals surface area (Å²) >= 11 is 1.65. The molecule has 50 heavy (non-hydrogen) atoms. The highest BCUT2D eigenvalue weighted by molar-refractivity contribution is 8.02. The van der Waals surface area contributed by atoms with Gasteiger partial charge >= 0.3 is 0 Å². The number of anilines is 2. The lowest BCUT2D eigenvalue weighted by molar-refractivity contribution is -0.143. The van der Waals surface area contributed by atoms with Crippen molar-refractivity contribution in [2.24, 2.45) is 23.7 Å². The Morgan fingerprint density at radius 2 is 1.64 bits per heavy atom. The first-order valence-corrected chi connectivity index (χ1v) is 18.7. The first-order valence-electron chi connectivity index (χ1n) is 17.8. The van der Waals surface area contributed by atoms with Gasteiger partial charge in [-0.2, -0.15) is 0 Å². The van der Waals surface area contributed by atoms with Crippen molar-refractivity contribution in [1.29, 1.82) is 0 Å². The van der Waals surface area contributed by atoms with Crippen LogP contribution in [0.25, 0.3) is 10.8 Å². The molecule has 3 fully saturated rings. The van der Waals surface area contributed by atoms with Gasteiger partial charge in [0.05, 0.1) is 35.8 Å². The number of likely N-dealkylation sites (tertiary alicyclic amines) is 1. The van der Waals surface area contributed by atoms with E-state index in [4.69, 9.17) is 4.74 Å². The van der Waals surface area contributed by atoms with Crippen LogP contribution in [0.15, 0.2) is 92.0 Å². The molecular weight excluding hydrogens is 647 g/mol. The van der Waals surface area contributed by atoms with E-state index >= 15 is 9.59 Å². The highest BCUT2D eigenvalue weighted by Gasteiger charge is 2.77. The predicted octanol–water partition coefficient (Wildman–Crippen LogP) is 6.72. The average molecular weight is 696 g/mol. The zero-order valence-corrected chi connectivity index (χ0v) is 30.4. The van der Waals surface area contributed by atoms with Crippen molar-refractivity contribution in [1.82, 2.24) is 4.90 Å². The third-order valence-electron chi connectivity index (χ3n) is 11.2. The van der Waals surface area contributed by atoms with Gasteiger partial charge in [0.2, 0.25) is 11.8 Å². The highest BCUT2D eigenvalue weighted by Crippen LogP contribution is 2.69. The highest BCUT2D eigenvalue weighted by atomic mass is 32.2. The maximum Gasteiger partial charge on any atom is 0.251 e. The van der Waals surface area contributed by atoms with Crippen molar-refractivity contribution in [2.75, 3.05) is 36.1 Å². The van der Waals surface area contributed by atoms with Gasteiger partial charge in [-0.05, 0) is 72.4 Å². The molecule has 2 bridgehead atoms. The Balaban J connectivity index is 1.46. The number of carbonyl (C=O) groups excluding carboxylic acids is 3. The Bertz CT molecular complexity index is 1760. The maximum atomic E-state index is 15.3. The van der Waals surface area contributed by atoms with Crippen LogP contribution in [0.3, 0.4) is 0 Å². The molecule has 1 spiro atoms. The molecule has 3 saturated heterocycles. The molecule has 8 nitrogen and oxygen atoms in total. The molecule has 0 saturated carbocycles. The number of aliphatic hydroxyl groups is 1. The smallest absolute Gasteiger partial charge is 0.251 e. The molecule has 0 aliphatic carbocycles. The molecule has 9 heteroatoms. The number of thioether (sulfide) groups is 1. The number of rotatable bonds is 14. The molecule has 6 rings (SSSR count). The minimum atomic E-state index is -0.876. The van der Waals surface area contributed by atoms with Crippen LogP contribution in [0.4, 0.5) is 11.4 Å². The van der Waals surface area contributed by atoms with Crippen LogP contribution < -0.4 is 14.5 Å². The number of ether oxygens (including phenoxy) is 1. The summed E-state index contributed by atoms with van der Waals surface area (Å²) in [5.74, 6) is -1.32. The van der Waals surface area contributed by atoms with E-state index in [0.717, 1.165) is 16.5 Å². The van der Waals surface area contributed by atoms with E-state index in [1.807, 2.05) is 87.5 Å². The SMILES string of the molecule is C=CCN(C(=O)C1N([C@@H](CO)[C@@H](C)CC)C(=O)[C@@H]2[C@H](C(=O)N(CC=C)c3ccc(OCC)cc3)[C@@H]3CC(C)C12S3)c1ccc2ccccc2c1. The zero-order valence-electron chi connectivity index (χ0n) is 29.5. The van der Waals surface area contributed by atoms with E-state index in [1.165, 1.54) is 0 Å². The van der Waals surface area contributed by atoms with Crippen LogP contribution >= 0.6 is 11.8 Å². The second kappa shape index (κ2) is 14.6. The normalized spacial score (nSPS) is 26.4. The molecule has 3 unspecified atom stereocenters. The summed E-state index contributed by atoms with van der Waals surface area (Å²) < 4.78 is 4.79. The first kappa shape index (κ1) is 35.7. The zero-order chi connectivity index (χ0) is 35.7. The topological polar surface area (TPSA) is 90.4 Å². The molecule has 0 radical (unpaired) electrons. The fraction of sp³-hybridized carbons (Fsp3) is 0.439. The maximum absolute atomic E-state index is 15.3. The minimum Gasteiger partial charge on any atom is -0.494 e. The number of benzene rings is 3. The summed E-state index contributed by atoms with van der Waals surface area (Å²) in [4.78, 5) is 50.4. The number of hydrogen-bond donors (Lipinski definition) is 1. The molecule has 0 aromatic heterocycles. The predicted molar refractivity (Wildman–Crippen MR) is 202 cm³/mol. The minimum absolute atomic E-state index is 0.0220. The van der Waals surface area contributed by atoms with E-state index in [-0.39, 0.29) is 54.5 Å². The van der Waals surface area contributed by atoms with Gasteiger partial charge < -0.3 is 24.5 Å². The Morgan fingerprint density at radius 1 is 1.00 bits per heavy atom. The summed E-state index contributed by atoms with van der Waals surface area (Å²) in [6, 6.07) is 19.9. The number of carbonyl (C=O) groups is 3. The Hall–Kier alpha value is -4.08. The van der Waals surface area contributed by atoms with Gasteiger partial charge in [0.1, 0.15) is 11.8 Å². The van der Waals surface area contributed by atoms with Crippen molar-refractivity contribution in [3.05, 3.63) is 92.0 Å². The van der Waals surface area contributed by atoms with Crippen molar-refractivity contribution in [3.8, 4) is 5.75 Å². The molecule has 3 heterocycles. The standard InChI is InChI=1S/C41H49N3O5S/c1-7-21-42(30-17-19-32(20-18-30)49-10-4)38(46)35-34-23-27(6)41(50-34)36(35)39(47)44(33(25-45)26(5)9-3)37(41)40(48)43(22-8-2)31-16-15-28-13-11-12-14-29(28)24-31/h7-8,11-20,24,26-27,33-37,45H,1-2,9-10,21-23,25H2,3-6H3/t26-,27?,33-,34-,35+,36-,37?,41?/m0/s1. The van der Waals surface area contributed by atoms with E-state index < -0.39 is 28.7 Å². The van der Waals surface area contributed by atoms with Gasteiger partial charge in [-0.25, -0.2) is 0 Å². The summed E-state index contributed by atoms with van der Waals surface area (Å²) in [5, 5.41) is 12.8. The number of aliphatic hydroxyl groups excluding tert-OH is 1. The lowest BCUT2D eigenvalue weighted by Crippen LogP contribution is -2.60. The molecule has 3 aliphatic rings. The molecule has 3 amide bonds. The van der Waals surface area contributed by atoms with Crippen LogP contribution in [0.1, 0.15) is 40.5 Å². The van der Waals surface area contributed by atoms with Gasteiger partial charge in [-0.3, -0.25) is 14.4 Å². The third-order valence-corrected chi connectivity index (χ3v) is 13.3. The average Bonchev–Trinajstić information content (AvgIpc) is 3.73. The van der Waals surface area contributed by atoms with Crippen molar-refractivity contribution in [2.45, 2.75) is 62.6 Å². The summed E-state index contributed by atoms with van der Waals surface area (Å²) in [7, 11) is 0. The number of amides is 3. The Morgan fingerprint density at radius 3 is 2.26 bits per heavy atom. The lowest BCUT2D eigenvalue weighted by atomic mass is 9.65. The van der Waals surface area contributed by atoms with E-state index in [9.17, 15) is 9.90 Å². The second-order valence-electron chi connectivity index (χ2n) is 13.9. The van der Waals surface area contributed by atoms with Gasteiger partial charge in [-0.15, -0.1) is 24.9 Å². The molecule has 3 aliphatic heterocycles. The fourth-order valence-corrected chi connectivity index (χ4v) is 11.1. The molecular formula is C41H49N3O5S. The van der Waals surface area contributed by atoms with E-state index in [1.54, 1.807) is 38.6 Å². The second-order valence-corrected chi connectivity index (χ2v) is 15.4. The number of fused-ring (bicyclic) bond motifs is 2. The molecule has 264 valence electrons. The number of hydrogen-bond acceptors (Lipinski definition) is 6. The van der Waals surface area contributed by atoms with Gasteiger partial charge in [0.25, 0.3) is 5.91 Å². The Labute approximate surface area is 300 Å². The van der Waals surface area contributed by atoms with Gasteiger partial charge in [-0.1, -0.05) is 69.7 Å². The van der Waals surface area contributed by atoms with E-state index in [2.05, 4.69) is 20.1 Å². The Kier molecular flexibility index (Phi) is 10.5. The number of nitrogens with zero attached hydrogens (tertiary/aromatic N) is 3. The summed E-state index contributed by atoms with van der Waals surface area (Å²) in [6.07, 6.45) is 4.83. The molecule has 1 N–H and O–H groups in total. The molecule has 8 atom stereocenters. The summed E-state index contributed by atoms with van der Waals surface area (Å²) in [6.45, 7) is 16.8.